The summed E-state index contributed by atoms with van der Waals surface area (Å²) in [5.74, 6) is -0.162. The summed E-state index contributed by atoms with van der Waals surface area (Å²) in [5, 5.41) is 16.6. The number of nitrogens with zero attached hydrogens (tertiary/aromatic N) is 2. The summed E-state index contributed by atoms with van der Waals surface area (Å²) in [5.41, 5.74) is 3.08. The van der Waals surface area contributed by atoms with E-state index >= 15 is 0 Å². The lowest BCUT2D eigenvalue weighted by atomic mass is 10.1. The highest BCUT2D eigenvalue weighted by Gasteiger charge is 2.19. The van der Waals surface area contributed by atoms with Gasteiger partial charge in [0.05, 0.1) is 6.42 Å². The fraction of sp³-hybridized carbons (Fsp3) is 0.167. The molecule has 2 aromatic carbocycles. The number of hydrogen-bond acceptors (Lipinski definition) is 4. The van der Waals surface area contributed by atoms with Crippen molar-refractivity contribution in [1.82, 2.24) is 15.2 Å². The maximum absolute atomic E-state index is 11.2. The second kappa shape index (κ2) is 7.31. The molecule has 6 heteroatoms. The quantitative estimate of drug-likeness (QED) is 0.661. The number of aryl methyl sites for hydroxylation is 1. The van der Waals surface area contributed by atoms with Gasteiger partial charge < -0.3 is 5.11 Å². The number of aliphatic carboxylic acids is 1. The van der Waals surface area contributed by atoms with Crippen molar-refractivity contribution in [3.05, 3.63) is 65.7 Å². The van der Waals surface area contributed by atoms with E-state index in [-0.39, 0.29) is 11.7 Å². The van der Waals surface area contributed by atoms with Gasteiger partial charge >= 0.3 is 5.97 Å². The van der Waals surface area contributed by atoms with Gasteiger partial charge in [-0.25, -0.2) is 4.98 Å². The van der Waals surface area contributed by atoms with Crippen LogP contribution < -0.4 is 0 Å². The second-order valence-electron chi connectivity index (χ2n) is 5.45. The van der Waals surface area contributed by atoms with Crippen LogP contribution in [-0.2, 0) is 4.79 Å². The van der Waals surface area contributed by atoms with Gasteiger partial charge in [0.2, 0.25) is 5.16 Å². The van der Waals surface area contributed by atoms with Crippen LogP contribution in [0.15, 0.2) is 59.8 Å². The number of thioether (sulfide) groups is 1. The monoisotopic (exact) mass is 339 g/mol. The molecule has 1 heterocycles. The molecule has 122 valence electrons. The highest BCUT2D eigenvalue weighted by molar-refractivity contribution is 7.99. The van der Waals surface area contributed by atoms with Crippen molar-refractivity contribution in [2.45, 2.75) is 23.8 Å². The van der Waals surface area contributed by atoms with Crippen molar-refractivity contribution in [1.29, 1.82) is 0 Å². The number of aromatic nitrogens is 3. The standard InChI is InChI=1S/C18H17N3O2S/c1-12-7-9-14(10-8-12)17-19-18(21-20-17)24-15(11-16(22)23)13-5-3-2-4-6-13/h2-10,15H,11H2,1H3,(H,22,23)(H,19,20,21)/t15-/m0/s1. The molecule has 1 atom stereocenters. The van der Waals surface area contributed by atoms with Crippen molar-refractivity contribution in [2.75, 3.05) is 0 Å². The highest BCUT2D eigenvalue weighted by atomic mass is 32.2. The number of carboxylic acid groups (broad SMARTS) is 1. The minimum absolute atomic E-state index is 0.0169. The largest absolute Gasteiger partial charge is 0.481 e. The molecule has 0 saturated heterocycles. The Hall–Kier alpha value is -2.60. The Morgan fingerprint density at radius 1 is 1.17 bits per heavy atom. The maximum atomic E-state index is 11.2. The zero-order chi connectivity index (χ0) is 16.9. The van der Waals surface area contributed by atoms with E-state index in [2.05, 4.69) is 15.2 Å². The summed E-state index contributed by atoms with van der Waals surface area (Å²) in [4.78, 5) is 15.7. The van der Waals surface area contributed by atoms with Crippen molar-refractivity contribution in [2.24, 2.45) is 0 Å². The molecule has 0 aliphatic heterocycles. The third-order valence-electron chi connectivity index (χ3n) is 3.57. The lowest BCUT2D eigenvalue weighted by molar-refractivity contribution is -0.137. The van der Waals surface area contributed by atoms with E-state index in [0.717, 1.165) is 11.1 Å². The highest BCUT2D eigenvalue weighted by Crippen LogP contribution is 2.36. The molecule has 3 rings (SSSR count). The zero-order valence-corrected chi connectivity index (χ0v) is 14.0. The van der Waals surface area contributed by atoms with E-state index in [9.17, 15) is 9.90 Å². The number of hydrogen-bond donors (Lipinski definition) is 2. The van der Waals surface area contributed by atoms with Crippen molar-refractivity contribution in [3.63, 3.8) is 0 Å². The molecule has 24 heavy (non-hydrogen) atoms. The number of aromatic amines is 1. The average Bonchev–Trinajstić information content (AvgIpc) is 3.04. The number of carboxylic acids is 1. The molecule has 0 unspecified atom stereocenters. The fourth-order valence-electron chi connectivity index (χ4n) is 2.32. The Labute approximate surface area is 144 Å². The summed E-state index contributed by atoms with van der Waals surface area (Å²) in [7, 11) is 0. The lowest BCUT2D eigenvalue weighted by Gasteiger charge is -2.12. The van der Waals surface area contributed by atoms with Crippen LogP contribution in [0.1, 0.15) is 22.8 Å². The predicted molar refractivity (Wildman–Crippen MR) is 93.8 cm³/mol. The lowest BCUT2D eigenvalue weighted by Crippen LogP contribution is -2.03. The Balaban J connectivity index is 1.80. The molecule has 0 bridgehead atoms. The van der Waals surface area contributed by atoms with Crippen molar-refractivity contribution < 1.29 is 9.90 Å². The molecule has 0 aliphatic rings. The number of nitrogens with one attached hydrogen (secondary N) is 1. The van der Waals surface area contributed by atoms with Gasteiger partial charge in [0.1, 0.15) is 0 Å². The van der Waals surface area contributed by atoms with Crippen LogP contribution >= 0.6 is 11.8 Å². The van der Waals surface area contributed by atoms with E-state index < -0.39 is 5.97 Å². The Bertz CT molecular complexity index is 816. The summed E-state index contributed by atoms with van der Waals surface area (Å²) in [6.07, 6.45) is 0.0169. The number of benzene rings is 2. The first-order chi connectivity index (χ1) is 11.6. The van der Waals surface area contributed by atoms with Gasteiger partial charge in [-0.1, -0.05) is 71.9 Å². The molecule has 2 N–H and O–H groups in total. The van der Waals surface area contributed by atoms with Gasteiger partial charge in [0.25, 0.3) is 0 Å². The van der Waals surface area contributed by atoms with Crippen LogP contribution in [0.5, 0.6) is 0 Å². The van der Waals surface area contributed by atoms with Crippen molar-refractivity contribution in [3.8, 4) is 11.4 Å². The molecular formula is C18H17N3O2S. The summed E-state index contributed by atoms with van der Waals surface area (Å²) in [6, 6.07) is 17.6. The second-order valence-corrected chi connectivity index (χ2v) is 6.62. The third kappa shape index (κ3) is 4.02. The Morgan fingerprint density at radius 3 is 2.54 bits per heavy atom. The fourth-order valence-corrected chi connectivity index (χ4v) is 3.34. The van der Waals surface area contributed by atoms with Gasteiger partial charge in [0.15, 0.2) is 5.82 Å². The van der Waals surface area contributed by atoms with E-state index in [1.807, 2.05) is 61.5 Å². The van der Waals surface area contributed by atoms with Crippen LogP contribution in [-0.4, -0.2) is 26.3 Å². The number of carbonyl (C=O) groups is 1. The van der Waals surface area contributed by atoms with E-state index in [4.69, 9.17) is 0 Å². The van der Waals surface area contributed by atoms with E-state index in [1.54, 1.807) is 0 Å². The zero-order valence-electron chi connectivity index (χ0n) is 13.1. The van der Waals surface area contributed by atoms with E-state index in [1.165, 1.54) is 17.3 Å². The van der Waals surface area contributed by atoms with Crippen LogP contribution in [0, 0.1) is 6.92 Å². The number of rotatable bonds is 6. The maximum Gasteiger partial charge on any atom is 0.304 e. The SMILES string of the molecule is Cc1ccc(-c2nc(S[C@@H](CC(=O)O)c3ccccc3)n[nH]2)cc1. The summed E-state index contributed by atoms with van der Waals surface area (Å²) >= 11 is 1.35. The molecule has 0 radical (unpaired) electrons. The molecule has 0 amide bonds. The third-order valence-corrected chi connectivity index (χ3v) is 4.69. The smallest absolute Gasteiger partial charge is 0.304 e. The normalized spacial score (nSPS) is 12.0. The summed E-state index contributed by atoms with van der Waals surface area (Å²) < 4.78 is 0. The molecule has 1 aromatic heterocycles. The van der Waals surface area contributed by atoms with Gasteiger partial charge in [-0.2, -0.15) is 0 Å². The molecule has 0 aliphatic carbocycles. The Morgan fingerprint density at radius 2 is 1.88 bits per heavy atom. The van der Waals surface area contributed by atoms with Crippen LogP contribution in [0.25, 0.3) is 11.4 Å². The minimum atomic E-state index is -0.842. The van der Waals surface area contributed by atoms with Crippen LogP contribution in [0.4, 0.5) is 0 Å². The molecule has 0 saturated carbocycles. The molecule has 3 aromatic rings. The molecule has 0 fully saturated rings. The van der Waals surface area contributed by atoms with Crippen LogP contribution in [0.2, 0.25) is 0 Å². The van der Waals surface area contributed by atoms with Crippen molar-refractivity contribution >= 4 is 17.7 Å². The van der Waals surface area contributed by atoms with Gasteiger partial charge in [-0.05, 0) is 12.5 Å². The van der Waals surface area contributed by atoms with Gasteiger partial charge in [-0.15, -0.1) is 5.10 Å². The van der Waals surface area contributed by atoms with E-state index in [0.29, 0.717) is 11.0 Å². The first-order valence-corrected chi connectivity index (χ1v) is 8.42. The molecule has 0 spiro atoms. The van der Waals surface area contributed by atoms with Crippen LogP contribution in [0.3, 0.4) is 0 Å². The Kier molecular flexibility index (Phi) is 4.96. The van der Waals surface area contributed by atoms with Gasteiger partial charge in [-0.3, -0.25) is 9.89 Å². The molecular weight excluding hydrogens is 322 g/mol. The van der Waals surface area contributed by atoms with Gasteiger partial charge in [0, 0.05) is 10.8 Å². The predicted octanol–water partition coefficient (Wildman–Crippen LogP) is 4.09. The first kappa shape index (κ1) is 16.3. The topological polar surface area (TPSA) is 78.9 Å². The minimum Gasteiger partial charge on any atom is -0.481 e. The first-order valence-electron chi connectivity index (χ1n) is 7.54. The molecule has 5 nitrogen and oxygen atoms in total. The average molecular weight is 339 g/mol. The summed E-state index contributed by atoms with van der Waals surface area (Å²) in [6.45, 7) is 2.03. The number of H-pyrrole nitrogens is 1.